The van der Waals surface area contributed by atoms with Crippen LogP contribution < -0.4 is 5.32 Å². The molecule has 0 bridgehead atoms. The number of carbonyl (C=O) groups is 1. The summed E-state index contributed by atoms with van der Waals surface area (Å²) in [4.78, 5) is 11.6. The maximum Gasteiger partial charge on any atom is 0.230 e. The molecule has 0 spiro atoms. The standard InChI is InChI=1S/C12H19N7OS3/c1-3-5-13-10(20)8-22-12-16-15-11(23-12)21-7-9-14-17-18-19(9)6-4-2/h3-8H2,1-2H3,(H,13,20). The van der Waals surface area contributed by atoms with E-state index in [1.54, 1.807) is 11.8 Å². The van der Waals surface area contributed by atoms with E-state index >= 15 is 0 Å². The summed E-state index contributed by atoms with van der Waals surface area (Å²) in [5, 5.41) is 22.8. The van der Waals surface area contributed by atoms with Gasteiger partial charge in [-0.25, -0.2) is 4.68 Å². The molecule has 0 saturated heterocycles. The van der Waals surface area contributed by atoms with Crippen LogP contribution in [0.25, 0.3) is 0 Å². The minimum atomic E-state index is 0.0278. The Morgan fingerprint density at radius 3 is 2.70 bits per heavy atom. The summed E-state index contributed by atoms with van der Waals surface area (Å²) in [5.41, 5.74) is 0. The van der Waals surface area contributed by atoms with Crippen molar-refractivity contribution in [3.63, 3.8) is 0 Å². The molecule has 0 atom stereocenters. The number of aromatic nitrogens is 6. The molecule has 11 heteroatoms. The van der Waals surface area contributed by atoms with Gasteiger partial charge in [-0.2, -0.15) is 0 Å². The van der Waals surface area contributed by atoms with Crippen molar-refractivity contribution in [2.24, 2.45) is 0 Å². The summed E-state index contributed by atoms with van der Waals surface area (Å²) >= 11 is 4.45. The molecule has 0 fully saturated rings. The van der Waals surface area contributed by atoms with Gasteiger partial charge in [-0.3, -0.25) is 4.79 Å². The third-order valence-corrected chi connectivity index (χ3v) is 5.84. The van der Waals surface area contributed by atoms with Crippen molar-refractivity contribution in [1.82, 2.24) is 35.7 Å². The number of amides is 1. The van der Waals surface area contributed by atoms with Gasteiger partial charge < -0.3 is 5.32 Å². The molecule has 2 aromatic heterocycles. The quantitative estimate of drug-likeness (QED) is 0.630. The highest BCUT2D eigenvalue weighted by Gasteiger charge is 2.11. The van der Waals surface area contributed by atoms with Crippen molar-refractivity contribution < 1.29 is 4.79 Å². The summed E-state index contributed by atoms with van der Waals surface area (Å²) in [6.07, 6.45) is 1.93. The first-order valence-corrected chi connectivity index (χ1v) is 10.1. The topological polar surface area (TPSA) is 98.5 Å². The molecule has 0 saturated carbocycles. The normalized spacial score (nSPS) is 10.9. The van der Waals surface area contributed by atoms with Crippen molar-refractivity contribution in [3.8, 4) is 0 Å². The zero-order valence-corrected chi connectivity index (χ0v) is 15.5. The summed E-state index contributed by atoms with van der Waals surface area (Å²) in [6.45, 7) is 5.64. The van der Waals surface area contributed by atoms with Crippen LogP contribution in [0.4, 0.5) is 0 Å². The monoisotopic (exact) mass is 373 g/mol. The fraction of sp³-hybridized carbons (Fsp3) is 0.667. The van der Waals surface area contributed by atoms with E-state index in [0.29, 0.717) is 18.1 Å². The fourth-order valence-electron chi connectivity index (χ4n) is 1.59. The van der Waals surface area contributed by atoms with Crippen molar-refractivity contribution >= 4 is 40.8 Å². The number of aryl methyl sites for hydroxylation is 1. The van der Waals surface area contributed by atoms with Gasteiger partial charge in [-0.1, -0.05) is 48.7 Å². The molecule has 1 amide bonds. The lowest BCUT2D eigenvalue weighted by Gasteiger charge is -2.00. The van der Waals surface area contributed by atoms with E-state index in [2.05, 4.69) is 38.0 Å². The Morgan fingerprint density at radius 2 is 1.96 bits per heavy atom. The number of nitrogens with one attached hydrogen (secondary N) is 1. The lowest BCUT2D eigenvalue weighted by Crippen LogP contribution is -2.25. The Balaban J connectivity index is 1.78. The molecule has 8 nitrogen and oxygen atoms in total. The number of rotatable bonds is 10. The number of tetrazole rings is 1. The molecule has 2 rings (SSSR count). The predicted molar refractivity (Wildman–Crippen MR) is 91.6 cm³/mol. The molecule has 0 aliphatic carbocycles. The van der Waals surface area contributed by atoms with Gasteiger partial charge in [0.1, 0.15) is 0 Å². The van der Waals surface area contributed by atoms with Crippen LogP contribution in [0.3, 0.4) is 0 Å². The van der Waals surface area contributed by atoms with E-state index in [1.807, 2.05) is 11.6 Å². The van der Waals surface area contributed by atoms with Crippen LogP contribution >= 0.6 is 34.9 Å². The molecule has 2 heterocycles. The Morgan fingerprint density at radius 1 is 1.17 bits per heavy atom. The van der Waals surface area contributed by atoms with Crippen molar-refractivity contribution in [2.75, 3.05) is 12.3 Å². The Labute approximate surface area is 147 Å². The van der Waals surface area contributed by atoms with E-state index in [1.165, 1.54) is 23.1 Å². The highest BCUT2D eigenvalue weighted by atomic mass is 32.2. The van der Waals surface area contributed by atoms with E-state index < -0.39 is 0 Å². The number of nitrogens with zero attached hydrogens (tertiary/aromatic N) is 6. The lowest BCUT2D eigenvalue weighted by molar-refractivity contribution is -0.118. The zero-order chi connectivity index (χ0) is 16.5. The summed E-state index contributed by atoms with van der Waals surface area (Å²) in [7, 11) is 0. The SMILES string of the molecule is CCCNC(=O)CSc1nnc(SCc2nnnn2CCC)s1. The van der Waals surface area contributed by atoms with E-state index in [9.17, 15) is 4.79 Å². The van der Waals surface area contributed by atoms with Gasteiger partial charge in [-0.15, -0.1) is 15.3 Å². The Hall–Kier alpha value is -1.20. The maximum atomic E-state index is 11.6. The van der Waals surface area contributed by atoms with Gasteiger partial charge in [0, 0.05) is 13.1 Å². The Kier molecular flexibility index (Phi) is 7.76. The number of hydrogen-bond donors (Lipinski definition) is 1. The van der Waals surface area contributed by atoms with Crippen LogP contribution in [-0.4, -0.2) is 48.6 Å². The second-order valence-electron chi connectivity index (χ2n) is 4.58. The molecule has 0 radical (unpaired) electrons. The van der Waals surface area contributed by atoms with Gasteiger partial charge in [0.25, 0.3) is 0 Å². The Bertz CT molecular complexity index is 615. The first-order chi connectivity index (χ1) is 11.2. The fourth-order valence-corrected chi connectivity index (χ4v) is 4.38. The zero-order valence-electron chi connectivity index (χ0n) is 13.1. The van der Waals surface area contributed by atoms with Gasteiger partial charge in [0.2, 0.25) is 5.91 Å². The molecular weight excluding hydrogens is 354 g/mol. The largest absolute Gasteiger partial charge is 0.355 e. The molecule has 126 valence electrons. The van der Waals surface area contributed by atoms with E-state index in [-0.39, 0.29) is 5.91 Å². The summed E-state index contributed by atoms with van der Waals surface area (Å²) in [5.74, 6) is 1.89. The number of carbonyl (C=O) groups excluding carboxylic acids is 1. The molecule has 0 unspecified atom stereocenters. The van der Waals surface area contributed by atoms with Crippen LogP contribution in [0, 0.1) is 0 Å². The van der Waals surface area contributed by atoms with Gasteiger partial charge in [0.15, 0.2) is 14.5 Å². The summed E-state index contributed by atoms with van der Waals surface area (Å²) < 4.78 is 3.46. The second-order valence-corrected chi connectivity index (χ2v) is 8.00. The van der Waals surface area contributed by atoms with Gasteiger partial charge >= 0.3 is 0 Å². The number of thioether (sulfide) groups is 2. The van der Waals surface area contributed by atoms with Crippen molar-refractivity contribution in [3.05, 3.63) is 5.82 Å². The molecule has 23 heavy (non-hydrogen) atoms. The predicted octanol–water partition coefficient (Wildman–Crippen LogP) is 1.85. The molecule has 1 N–H and O–H groups in total. The van der Waals surface area contributed by atoms with Crippen LogP contribution in [0.1, 0.15) is 32.5 Å². The van der Waals surface area contributed by atoms with Crippen LogP contribution in [0.15, 0.2) is 8.68 Å². The number of hydrogen-bond acceptors (Lipinski definition) is 9. The first kappa shape index (κ1) is 18.1. The van der Waals surface area contributed by atoms with Crippen molar-refractivity contribution in [1.29, 1.82) is 0 Å². The molecule has 0 aromatic carbocycles. The van der Waals surface area contributed by atoms with Crippen molar-refractivity contribution in [2.45, 2.75) is 47.7 Å². The van der Waals surface area contributed by atoms with Gasteiger partial charge in [-0.05, 0) is 23.3 Å². The molecule has 0 aliphatic heterocycles. The molecule has 2 aromatic rings. The average Bonchev–Trinajstić information content (AvgIpc) is 3.18. The van der Waals surface area contributed by atoms with Gasteiger partial charge in [0.05, 0.1) is 11.5 Å². The molecular formula is C12H19N7OS3. The van der Waals surface area contributed by atoms with Crippen LogP contribution in [-0.2, 0) is 17.1 Å². The maximum absolute atomic E-state index is 11.6. The van der Waals surface area contributed by atoms with E-state index in [4.69, 9.17) is 0 Å². The highest BCUT2D eigenvalue weighted by molar-refractivity contribution is 8.03. The lowest BCUT2D eigenvalue weighted by atomic mass is 10.5. The minimum Gasteiger partial charge on any atom is -0.355 e. The third-order valence-electron chi connectivity index (χ3n) is 2.65. The summed E-state index contributed by atoms with van der Waals surface area (Å²) in [6, 6.07) is 0. The first-order valence-electron chi connectivity index (χ1n) is 7.33. The second kappa shape index (κ2) is 9.83. The average molecular weight is 374 g/mol. The van der Waals surface area contributed by atoms with Crippen LogP contribution in [0.5, 0.6) is 0 Å². The van der Waals surface area contributed by atoms with Crippen LogP contribution in [0.2, 0.25) is 0 Å². The smallest absolute Gasteiger partial charge is 0.230 e. The highest BCUT2D eigenvalue weighted by Crippen LogP contribution is 2.30. The molecule has 0 aliphatic rings. The third kappa shape index (κ3) is 6.07. The minimum absolute atomic E-state index is 0.0278. The van der Waals surface area contributed by atoms with E-state index in [0.717, 1.165) is 33.9 Å².